The fraction of sp³-hybridized carbons (Fsp3) is 0.375. The van der Waals surface area contributed by atoms with Crippen molar-refractivity contribution in [2.75, 3.05) is 20.1 Å². The molecule has 1 aliphatic rings. The summed E-state index contributed by atoms with van der Waals surface area (Å²) in [6.45, 7) is 3.69. The predicted octanol–water partition coefficient (Wildman–Crippen LogP) is 1.28. The third kappa shape index (κ3) is 4.07. The van der Waals surface area contributed by atoms with Crippen LogP contribution in [-0.4, -0.2) is 43.0 Å². The molecule has 1 aromatic rings. The first-order valence-electron chi connectivity index (χ1n) is 7.09. The quantitative estimate of drug-likeness (QED) is 0.834. The smallest absolute Gasteiger partial charge is 0.246 e. The number of amides is 2. The number of nitrogens with one attached hydrogen (secondary N) is 1. The van der Waals surface area contributed by atoms with Gasteiger partial charge < -0.3 is 15.0 Å². The Kier molecular flexibility index (Phi) is 5.14. The van der Waals surface area contributed by atoms with Crippen LogP contribution in [0.1, 0.15) is 12.0 Å². The number of hydrogen-bond acceptors (Lipinski definition) is 3. The molecule has 0 saturated heterocycles. The molecule has 2 rings (SSSR count). The van der Waals surface area contributed by atoms with Crippen LogP contribution < -0.4 is 10.1 Å². The molecule has 0 fully saturated rings. The average Bonchev–Trinajstić information content (AvgIpc) is 2.51. The number of ether oxygens (including phenoxy) is 1. The molecule has 1 atom stereocenters. The first-order valence-corrected chi connectivity index (χ1v) is 7.09. The van der Waals surface area contributed by atoms with Crippen LogP contribution in [0.2, 0.25) is 0 Å². The van der Waals surface area contributed by atoms with Crippen molar-refractivity contribution in [3.63, 3.8) is 0 Å². The van der Waals surface area contributed by atoms with Crippen molar-refractivity contribution < 1.29 is 18.7 Å². The first kappa shape index (κ1) is 16.0. The molecular formula is C16H19FN2O3. The first-order chi connectivity index (χ1) is 10.5. The molecule has 1 N–H and O–H groups in total. The number of hydrogen-bond donors (Lipinski definition) is 1. The van der Waals surface area contributed by atoms with E-state index in [0.29, 0.717) is 25.1 Å². The number of likely N-dealkylation sites (N-methyl/N-ethyl adjacent to an activating group) is 1. The van der Waals surface area contributed by atoms with Gasteiger partial charge >= 0.3 is 0 Å². The van der Waals surface area contributed by atoms with Gasteiger partial charge in [0.1, 0.15) is 17.7 Å². The van der Waals surface area contributed by atoms with Crippen LogP contribution in [0.4, 0.5) is 4.39 Å². The maximum atomic E-state index is 13.1. The van der Waals surface area contributed by atoms with E-state index in [1.807, 2.05) is 0 Å². The second kappa shape index (κ2) is 7.06. The minimum Gasteiger partial charge on any atom is -0.488 e. The van der Waals surface area contributed by atoms with Crippen molar-refractivity contribution in [1.29, 1.82) is 0 Å². The van der Waals surface area contributed by atoms with E-state index in [4.69, 9.17) is 4.74 Å². The molecule has 0 radical (unpaired) electrons. The highest BCUT2D eigenvalue weighted by atomic mass is 19.1. The minimum absolute atomic E-state index is 0.0284. The monoisotopic (exact) mass is 306 g/mol. The van der Waals surface area contributed by atoms with Gasteiger partial charge in [0.15, 0.2) is 0 Å². The van der Waals surface area contributed by atoms with Crippen molar-refractivity contribution in [2.45, 2.75) is 18.9 Å². The Morgan fingerprint density at radius 3 is 3.05 bits per heavy atom. The van der Waals surface area contributed by atoms with Gasteiger partial charge in [0, 0.05) is 7.05 Å². The fourth-order valence-corrected chi connectivity index (χ4v) is 2.29. The topological polar surface area (TPSA) is 58.6 Å². The zero-order valence-corrected chi connectivity index (χ0v) is 12.5. The van der Waals surface area contributed by atoms with Gasteiger partial charge in [0.05, 0.1) is 13.1 Å². The lowest BCUT2D eigenvalue weighted by Crippen LogP contribution is -2.42. The molecule has 5 nitrogen and oxygen atoms in total. The Morgan fingerprint density at radius 1 is 1.55 bits per heavy atom. The van der Waals surface area contributed by atoms with Crippen LogP contribution in [0.3, 0.4) is 0 Å². The molecule has 1 aliphatic heterocycles. The van der Waals surface area contributed by atoms with Gasteiger partial charge in [-0.1, -0.05) is 6.58 Å². The molecule has 1 heterocycles. The summed E-state index contributed by atoms with van der Waals surface area (Å²) >= 11 is 0. The summed E-state index contributed by atoms with van der Waals surface area (Å²) in [5.74, 6) is -0.180. The zero-order valence-electron chi connectivity index (χ0n) is 12.5. The van der Waals surface area contributed by atoms with Gasteiger partial charge in [-0.3, -0.25) is 9.59 Å². The van der Waals surface area contributed by atoms with Crippen LogP contribution in [0.15, 0.2) is 30.9 Å². The number of aryl methyl sites for hydroxylation is 1. The number of halogens is 1. The third-order valence-electron chi connectivity index (χ3n) is 3.51. The van der Waals surface area contributed by atoms with E-state index in [0.717, 1.165) is 11.6 Å². The largest absolute Gasteiger partial charge is 0.488 e. The maximum Gasteiger partial charge on any atom is 0.246 e. The third-order valence-corrected chi connectivity index (χ3v) is 3.51. The van der Waals surface area contributed by atoms with Crippen molar-refractivity contribution in [3.05, 3.63) is 42.2 Å². The summed E-state index contributed by atoms with van der Waals surface area (Å²) in [5, 5.41) is 2.74. The molecule has 2 amide bonds. The molecular weight excluding hydrogens is 287 g/mol. The molecule has 0 bridgehead atoms. The predicted molar refractivity (Wildman–Crippen MR) is 80.0 cm³/mol. The highest BCUT2D eigenvalue weighted by Gasteiger charge is 2.21. The Morgan fingerprint density at radius 2 is 2.32 bits per heavy atom. The van der Waals surface area contributed by atoms with E-state index in [9.17, 15) is 14.0 Å². The summed E-state index contributed by atoms with van der Waals surface area (Å²) in [6, 6.07) is 4.44. The van der Waals surface area contributed by atoms with Crippen molar-refractivity contribution in [2.24, 2.45) is 0 Å². The summed E-state index contributed by atoms with van der Waals surface area (Å²) in [6.07, 6.45) is 2.43. The van der Waals surface area contributed by atoms with Crippen LogP contribution in [0.5, 0.6) is 5.75 Å². The van der Waals surface area contributed by atoms with Gasteiger partial charge in [0.25, 0.3) is 0 Å². The van der Waals surface area contributed by atoms with E-state index < -0.39 is 0 Å². The number of benzene rings is 1. The zero-order chi connectivity index (χ0) is 16.1. The Balaban J connectivity index is 1.81. The van der Waals surface area contributed by atoms with Gasteiger partial charge in [-0.2, -0.15) is 0 Å². The summed E-state index contributed by atoms with van der Waals surface area (Å²) in [7, 11) is 1.53. The normalized spacial score (nSPS) is 16.2. The van der Waals surface area contributed by atoms with E-state index >= 15 is 0 Å². The second-order valence-electron chi connectivity index (χ2n) is 5.23. The van der Waals surface area contributed by atoms with E-state index in [1.54, 1.807) is 6.07 Å². The Labute approximate surface area is 128 Å². The van der Waals surface area contributed by atoms with Gasteiger partial charge in [-0.15, -0.1) is 0 Å². The molecule has 6 heteroatoms. The summed E-state index contributed by atoms with van der Waals surface area (Å²) in [5.41, 5.74) is 0.846. The molecule has 0 saturated carbocycles. The van der Waals surface area contributed by atoms with Crippen LogP contribution in [0.25, 0.3) is 0 Å². The number of nitrogens with zero attached hydrogens (tertiary/aromatic N) is 1. The van der Waals surface area contributed by atoms with Gasteiger partial charge in [-0.05, 0) is 42.7 Å². The van der Waals surface area contributed by atoms with E-state index in [-0.39, 0.29) is 30.3 Å². The molecule has 0 spiro atoms. The SMILES string of the molecule is C=CC(=O)N(C)CC(=O)NCC1CCc2cc(F)ccc2O1. The number of carbonyl (C=O) groups excluding carboxylic acids is 2. The molecule has 0 aliphatic carbocycles. The number of carbonyl (C=O) groups is 2. The second-order valence-corrected chi connectivity index (χ2v) is 5.23. The van der Waals surface area contributed by atoms with Crippen molar-refractivity contribution in [3.8, 4) is 5.75 Å². The van der Waals surface area contributed by atoms with Crippen molar-refractivity contribution >= 4 is 11.8 Å². The average molecular weight is 306 g/mol. The Hall–Kier alpha value is -2.37. The highest BCUT2D eigenvalue weighted by Crippen LogP contribution is 2.27. The number of rotatable bonds is 5. The summed E-state index contributed by atoms with van der Waals surface area (Å²) < 4.78 is 18.8. The molecule has 0 aromatic heterocycles. The number of fused-ring (bicyclic) bond motifs is 1. The molecule has 1 aromatic carbocycles. The van der Waals surface area contributed by atoms with Crippen LogP contribution in [0, 0.1) is 5.82 Å². The lowest BCUT2D eigenvalue weighted by Gasteiger charge is -2.26. The van der Waals surface area contributed by atoms with Crippen LogP contribution >= 0.6 is 0 Å². The molecule has 118 valence electrons. The van der Waals surface area contributed by atoms with E-state index in [2.05, 4.69) is 11.9 Å². The molecule has 22 heavy (non-hydrogen) atoms. The maximum absolute atomic E-state index is 13.1. The van der Waals surface area contributed by atoms with Gasteiger partial charge in [-0.25, -0.2) is 4.39 Å². The Bertz CT molecular complexity index is 589. The lowest BCUT2D eigenvalue weighted by molar-refractivity contribution is -0.131. The summed E-state index contributed by atoms with van der Waals surface area (Å²) in [4.78, 5) is 24.3. The van der Waals surface area contributed by atoms with Crippen LogP contribution in [-0.2, 0) is 16.0 Å². The standard InChI is InChI=1S/C16H19FN2O3/c1-3-16(21)19(2)10-15(20)18-9-13-6-4-11-8-12(17)5-7-14(11)22-13/h3,5,7-8,13H,1,4,6,9-10H2,2H3,(H,18,20). The van der Waals surface area contributed by atoms with Crippen molar-refractivity contribution in [1.82, 2.24) is 10.2 Å². The minimum atomic E-state index is -0.306. The molecule has 1 unspecified atom stereocenters. The fourth-order valence-electron chi connectivity index (χ4n) is 2.29. The lowest BCUT2D eigenvalue weighted by atomic mass is 10.0. The van der Waals surface area contributed by atoms with Gasteiger partial charge in [0.2, 0.25) is 11.8 Å². The van der Waals surface area contributed by atoms with E-state index in [1.165, 1.54) is 24.1 Å². The highest BCUT2D eigenvalue weighted by molar-refractivity contribution is 5.90.